The van der Waals surface area contributed by atoms with Crippen molar-refractivity contribution in [3.63, 3.8) is 0 Å². The zero-order valence-electron chi connectivity index (χ0n) is 30.9. The summed E-state index contributed by atoms with van der Waals surface area (Å²) in [4.78, 5) is 7.80. The zero-order chi connectivity index (χ0) is 37.0. The van der Waals surface area contributed by atoms with Crippen LogP contribution in [0.1, 0.15) is 22.9 Å². The van der Waals surface area contributed by atoms with Gasteiger partial charge in [-0.15, -0.1) is 0 Å². The van der Waals surface area contributed by atoms with Gasteiger partial charge in [0.05, 0.1) is 28.8 Å². The Balaban J connectivity index is 0.926. The normalized spacial score (nSPS) is 22.1. The highest BCUT2D eigenvalue weighted by Crippen LogP contribution is 2.46. The molecule has 5 unspecified atom stereocenters. The molecule has 4 heteroatoms. The fourth-order valence-corrected chi connectivity index (χ4v) is 9.40. The number of para-hydroxylation sites is 2. The van der Waals surface area contributed by atoms with Crippen LogP contribution in [0.25, 0.3) is 44.2 Å². The van der Waals surface area contributed by atoms with Gasteiger partial charge in [-0.2, -0.15) is 0 Å². The van der Waals surface area contributed by atoms with Crippen molar-refractivity contribution >= 4 is 38.8 Å². The van der Waals surface area contributed by atoms with Crippen LogP contribution in [0, 0.1) is 11.8 Å². The summed E-state index contributed by atoms with van der Waals surface area (Å²) in [7, 11) is 0. The van der Waals surface area contributed by atoms with Gasteiger partial charge in [0.2, 0.25) is 0 Å². The number of allylic oxidation sites excluding steroid dienone is 5. The van der Waals surface area contributed by atoms with Crippen LogP contribution in [-0.2, 0) is 0 Å². The van der Waals surface area contributed by atoms with Gasteiger partial charge < -0.3 is 14.8 Å². The van der Waals surface area contributed by atoms with E-state index >= 15 is 0 Å². The second kappa shape index (κ2) is 13.4. The van der Waals surface area contributed by atoms with Crippen molar-refractivity contribution in [3.8, 4) is 16.8 Å². The Morgan fingerprint density at radius 1 is 0.500 bits per heavy atom. The van der Waals surface area contributed by atoms with Crippen molar-refractivity contribution in [3.05, 3.63) is 223 Å². The fourth-order valence-electron chi connectivity index (χ4n) is 9.40. The first-order chi connectivity index (χ1) is 27.8. The lowest BCUT2D eigenvalue weighted by molar-refractivity contribution is 0.528. The third-order valence-corrected chi connectivity index (χ3v) is 12.0. The van der Waals surface area contributed by atoms with E-state index in [1.165, 1.54) is 49.8 Å². The number of hydrogen-bond donors (Lipinski definition) is 1. The van der Waals surface area contributed by atoms with Crippen molar-refractivity contribution in [1.29, 1.82) is 0 Å². The second-order valence-corrected chi connectivity index (χ2v) is 15.2. The number of nitrogens with one attached hydrogen (secondary N) is 1. The maximum absolute atomic E-state index is 5.19. The molecule has 4 nitrogen and oxygen atoms in total. The minimum Gasteiger partial charge on any atom is -0.366 e. The molecule has 0 radical (unpaired) electrons. The van der Waals surface area contributed by atoms with Gasteiger partial charge in [0, 0.05) is 40.2 Å². The molecule has 56 heavy (non-hydrogen) atoms. The fraction of sp³-hybridized carbons (Fsp3) is 0.0962. The Bertz CT molecular complexity index is 2800. The van der Waals surface area contributed by atoms with E-state index in [9.17, 15) is 0 Å². The van der Waals surface area contributed by atoms with Crippen molar-refractivity contribution in [2.24, 2.45) is 16.8 Å². The van der Waals surface area contributed by atoms with E-state index in [4.69, 9.17) is 4.99 Å². The molecule has 3 heterocycles. The van der Waals surface area contributed by atoms with Gasteiger partial charge in [0.1, 0.15) is 6.17 Å². The van der Waals surface area contributed by atoms with Gasteiger partial charge in [-0.3, -0.25) is 4.99 Å². The van der Waals surface area contributed by atoms with Crippen LogP contribution in [-0.4, -0.2) is 22.4 Å². The number of anilines is 1. The highest BCUT2D eigenvalue weighted by molar-refractivity contribution is 6.11. The summed E-state index contributed by atoms with van der Waals surface area (Å²) in [6.45, 7) is 0. The molecule has 5 atom stereocenters. The van der Waals surface area contributed by atoms with Crippen LogP contribution in [0.5, 0.6) is 0 Å². The molecule has 268 valence electrons. The van der Waals surface area contributed by atoms with Gasteiger partial charge in [-0.05, 0) is 81.9 Å². The van der Waals surface area contributed by atoms with Crippen LogP contribution in [0.2, 0.25) is 0 Å². The molecule has 1 aromatic heterocycles. The lowest BCUT2D eigenvalue weighted by atomic mass is 9.80. The minimum atomic E-state index is -0.195. The molecule has 1 saturated heterocycles. The smallest absolute Gasteiger partial charge is 0.145 e. The second-order valence-electron chi connectivity index (χ2n) is 15.2. The Hall–Kier alpha value is -6.91. The monoisotopic (exact) mass is 720 g/mol. The van der Waals surface area contributed by atoms with Crippen molar-refractivity contribution < 1.29 is 0 Å². The van der Waals surface area contributed by atoms with E-state index in [0.717, 1.165) is 22.5 Å². The molecule has 1 N–H and O–H groups in total. The topological polar surface area (TPSA) is 32.6 Å². The molecule has 11 rings (SSSR count). The van der Waals surface area contributed by atoms with Crippen LogP contribution in [0.4, 0.5) is 5.69 Å². The Labute approximate surface area is 327 Å². The Morgan fingerprint density at radius 2 is 1.20 bits per heavy atom. The number of rotatable bonds is 6. The summed E-state index contributed by atoms with van der Waals surface area (Å²) in [5, 5.41) is 6.02. The van der Waals surface area contributed by atoms with Gasteiger partial charge in [0.25, 0.3) is 0 Å². The molecule has 7 aromatic rings. The largest absolute Gasteiger partial charge is 0.366 e. The molecular formula is C52H40N4. The first kappa shape index (κ1) is 32.5. The van der Waals surface area contributed by atoms with Crippen LogP contribution in [0.3, 0.4) is 0 Å². The lowest BCUT2D eigenvalue weighted by Gasteiger charge is -2.32. The molecule has 0 saturated carbocycles. The average molecular weight is 721 g/mol. The standard InChI is InChI=1S/C52H40N4/c1-3-12-35(13-4-1)36-22-24-37(25-23-36)47-30-31-53-52(54-47)40-14-11-17-42(32-40)56-49-21-10-8-19-44(49)46-34-39(27-29-51(46)56)38-26-28-50-45(33-38)43-18-7-9-20-48(43)55(50)41-15-5-2-6-16-41/h1-34,43,45,48,50,52-53H. The molecule has 2 aliphatic heterocycles. The minimum absolute atomic E-state index is 0.195. The van der Waals surface area contributed by atoms with Crippen LogP contribution < -0.4 is 10.2 Å². The van der Waals surface area contributed by atoms with E-state index < -0.39 is 0 Å². The summed E-state index contributed by atoms with van der Waals surface area (Å²) in [5.74, 6) is 0.819. The molecule has 6 aromatic carbocycles. The highest BCUT2D eigenvalue weighted by Gasteiger charge is 2.46. The summed E-state index contributed by atoms with van der Waals surface area (Å²) in [5.41, 5.74) is 13.0. The molecule has 0 bridgehead atoms. The van der Waals surface area contributed by atoms with Crippen LogP contribution >= 0.6 is 0 Å². The SMILES string of the molecule is C1=CC2C3C=C(c4ccc5c(c4)c4ccccc4n5-c4cccc(C5N=C(c6ccc(-c7ccccc7)cc6)C=CN5)c4)C=CC3N(c3ccccc3)C2C=C1. The quantitative estimate of drug-likeness (QED) is 0.186. The molecule has 0 spiro atoms. The predicted octanol–water partition coefficient (Wildman–Crippen LogP) is 11.6. The number of benzene rings is 6. The van der Waals surface area contributed by atoms with Crippen molar-refractivity contribution in [1.82, 2.24) is 9.88 Å². The molecule has 2 aliphatic carbocycles. The van der Waals surface area contributed by atoms with E-state index in [1.807, 2.05) is 6.20 Å². The van der Waals surface area contributed by atoms with Gasteiger partial charge in [-0.1, -0.05) is 152 Å². The summed E-state index contributed by atoms with van der Waals surface area (Å²) in [6.07, 6.45) is 20.5. The van der Waals surface area contributed by atoms with Gasteiger partial charge in [0.15, 0.2) is 0 Å². The maximum atomic E-state index is 5.19. The number of hydrogen-bond acceptors (Lipinski definition) is 3. The third kappa shape index (κ3) is 5.48. The summed E-state index contributed by atoms with van der Waals surface area (Å²) >= 11 is 0. The first-order valence-electron chi connectivity index (χ1n) is 19.7. The van der Waals surface area contributed by atoms with E-state index in [1.54, 1.807) is 0 Å². The van der Waals surface area contributed by atoms with Crippen LogP contribution in [0.15, 0.2) is 211 Å². The maximum Gasteiger partial charge on any atom is 0.145 e. The molecular weight excluding hydrogens is 681 g/mol. The third-order valence-electron chi connectivity index (χ3n) is 12.0. The summed E-state index contributed by atoms with van der Waals surface area (Å²) in [6, 6.07) is 55.4. The number of aliphatic imine (C=N–C) groups is 1. The van der Waals surface area contributed by atoms with Crippen molar-refractivity contribution in [2.75, 3.05) is 4.90 Å². The number of fused-ring (bicyclic) bond motifs is 6. The van der Waals surface area contributed by atoms with E-state index in [2.05, 4.69) is 215 Å². The average Bonchev–Trinajstić information content (AvgIpc) is 3.79. The number of nitrogens with zero attached hydrogens (tertiary/aromatic N) is 3. The molecule has 1 fully saturated rings. The number of aromatic nitrogens is 1. The van der Waals surface area contributed by atoms with Crippen molar-refractivity contribution in [2.45, 2.75) is 18.2 Å². The van der Waals surface area contributed by atoms with Gasteiger partial charge in [-0.25, -0.2) is 0 Å². The highest BCUT2D eigenvalue weighted by atomic mass is 15.2. The molecule has 4 aliphatic rings. The zero-order valence-corrected chi connectivity index (χ0v) is 30.9. The predicted molar refractivity (Wildman–Crippen MR) is 233 cm³/mol. The first-order valence-corrected chi connectivity index (χ1v) is 19.7. The molecule has 0 amide bonds. The summed E-state index contributed by atoms with van der Waals surface area (Å²) < 4.78 is 2.41. The Morgan fingerprint density at radius 3 is 2.07 bits per heavy atom. The van der Waals surface area contributed by atoms with E-state index in [0.29, 0.717) is 23.9 Å². The van der Waals surface area contributed by atoms with E-state index in [-0.39, 0.29) is 6.17 Å². The Kier molecular flexibility index (Phi) is 7.80. The van der Waals surface area contributed by atoms with Gasteiger partial charge >= 0.3 is 0 Å². The lowest BCUT2D eigenvalue weighted by Crippen LogP contribution is -2.36.